The van der Waals surface area contributed by atoms with Gasteiger partial charge in [-0.3, -0.25) is 4.79 Å². The maximum atomic E-state index is 12.2. The minimum absolute atomic E-state index is 0.0474. The summed E-state index contributed by atoms with van der Waals surface area (Å²) < 4.78 is 0. The Morgan fingerprint density at radius 2 is 2.14 bits per heavy atom. The summed E-state index contributed by atoms with van der Waals surface area (Å²) in [7, 11) is 0. The van der Waals surface area contributed by atoms with Crippen molar-refractivity contribution in [1.29, 1.82) is 0 Å². The number of amides is 1. The van der Waals surface area contributed by atoms with Crippen LogP contribution in [0.5, 0.6) is 0 Å². The maximum absolute atomic E-state index is 12.2. The zero-order valence-electron chi connectivity index (χ0n) is 12.8. The van der Waals surface area contributed by atoms with Gasteiger partial charge >= 0.3 is 0 Å². The number of hydrogen-bond donors (Lipinski definition) is 3. The van der Waals surface area contributed by atoms with Crippen LogP contribution in [0, 0.1) is 5.92 Å². The minimum atomic E-state index is 0.0474. The van der Waals surface area contributed by atoms with E-state index in [1.807, 2.05) is 31.2 Å². The van der Waals surface area contributed by atoms with Crippen molar-refractivity contribution in [2.75, 3.05) is 36.5 Å². The van der Waals surface area contributed by atoms with Crippen molar-refractivity contribution in [2.24, 2.45) is 5.92 Å². The lowest BCUT2D eigenvalue weighted by Crippen LogP contribution is -2.32. The molecule has 116 valence electrons. The largest absolute Gasteiger partial charge is 0.395 e. The Bertz CT molecular complexity index is 461. The Labute approximate surface area is 126 Å². The number of carbonyl (C=O) groups is 1. The van der Waals surface area contributed by atoms with Gasteiger partial charge in [-0.1, -0.05) is 0 Å². The third-order valence-corrected chi connectivity index (χ3v) is 4.11. The molecule has 0 radical (unpaired) electrons. The smallest absolute Gasteiger partial charge is 0.229 e. The Balaban J connectivity index is 1.97. The zero-order chi connectivity index (χ0) is 15.2. The highest BCUT2D eigenvalue weighted by Gasteiger charge is 2.29. The second kappa shape index (κ2) is 7.43. The number of hydrogen-bond acceptors (Lipinski definition) is 4. The van der Waals surface area contributed by atoms with Crippen molar-refractivity contribution in [3.8, 4) is 0 Å². The molecule has 0 saturated carbocycles. The molecule has 3 N–H and O–H groups in total. The van der Waals surface area contributed by atoms with E-state index in [9.17, 15) is 4.79 Å². The normalized spacial score (nSPS) is 21.3. The standard InChI is InChI=1S/C16H25N3O2/c1-3-19(10-11-20)14-6-4-13(5-7-14)18-16(21)15-8-9-17-12(15)2/h4-7,12,15,17,20H,3,8-11H2,1-2H3,(H,18,21). The molecule has 1 aliphatic rings. The van der Waals surface area contributed by atoms with Crippen LogP contribution < -0.4 is 15.5 Å². The van der Waals surface area contributed by atoms with Crippen LogP contribution in [-0.2, 0) is 4.79 Å². The van der Waals surface area contributed by atoms with Gasteiger partial charge in [0.2, 0.25) is 5.91 Å². The maximum Gasteiger partial charge on any atom is 0.229 e. The molecule has 0 spiro atoms. The first-order chi connectivity index (χ1) is 10.2. The number of anilines is 2. The van der Waals surface area contributed by atoms with E-state index in [4.69, 9.17) is 5.11 Å². The van der Waals surface area contributed by atoms with Crippen LogP contribution in [0.3, 0.4) is 0 Å². The highest BCUT2D eigenvalue weighted by molar-refractivity contribution is 5.93. The third-order valence-electron chi connectivity index (χ3n) is 4.11. The number of likely N-dealkylation sites (N-methyl/N-ethyl adjacent to an activating group) is 1. The average molecular weight is 291 g/mol. The molecule has 1 aliphatic heterocycles. The van der Waals surface area contributed by atoms with E-state index in [0.717, 1.165) is 30.9 Å². The molecule has 5 nitrogen and oxygen atoms in total. The van der Waals surface area contributed by atoms with Gasteiger partial charge in [0.1, 0.15) is 0 Å². The van der Waals surface area contributed by atoms with Crippen LogP contribution in [0.1, 0.15) is 20.3 Å². The molecule has 2 rings (SSSR count). The summed E-state index contributed by atoms with van der Waals surface area (Å²) >= 11 is 0. The van der Waals surface area contributed by atoms with Gasteiger partial charge in [-0.2, -0.15) is 0 Å². The highest BCUT2D eigenvalue weighted by Crippen LogP contribution is 2.21. The Hall–Kier alpha value is -1.59. The topological polar surface area (TPSA) is 64.6 Å². The van der Waals surface area contributed by atoms with Gasteiger partial charge in [0.05, 0.1) is 12.5 Å². The molecule has 1 heterocycles. The van der Waals surface area contributed by atoms with Gasteiger partial charge < -0.3 is 20.6 Å². The van der Waals surface area contributed by atoms with Crippen LogP contribution in [0.15, 0.2) is 24.3 Å². The van der Waals surface area contributed by atoms with Crippen LogP contribution in [0.25, 0.3) is 0 Å². The van der Waals surface area contributed by atoms with E-state index in [1.165, 1.54) is 0 Å². The van der Waals surface area contributed by atoms with Crippen LogP contribution in [0.4, 0.5) is 11.4 Å². The fourth-order valence-corrected chi connectivity index (χ4v) is 2.80. The summed E-state index contributed by atoms with van der Waals surface area (Å²) in [4.78, 5) is 14.3. The molecule has 1 saturated heterocycles. The van der Waals surface area contributed by atoms with Crippen molar-refractivity contribution < 1.29 is 9.90 Å². The van der Waals surface area contributed by atoms with Crippen LogP contribution >= 0.6 is 0 Å². The molecule has 2 atom stereocenters. The molecular formula is C16H25N3O2. The molecule has 5 heteroatoms. The van der Waals surface area contributed by atoms with Gasteiger partial charge in [0.15, 0.2) is 0 Å². The Morgan fingerprint density at radius 3 is 2.67 bits per heavy atom. The molecule has 0 aliphatic carbocycles. The van der Waals surface area contributed by atoms with Crippen molar-refractivity contribution in [3.05, 3.63) is 24.3 Å². The minimum Gasteiger partial charge on any atom is -0.395 e. The first-order valence-electron chi connectivity index (χ1n) is 7.65. The molecule has 0 aromatic heterocycles. The van der Waals surface area contributed by atoms with Gasteiger partial charge in [-0.25, -0.2) is 0 Å². The summed E-state index contributed by atoms with van der Waals surface area (Å²) in [6.45, 7) is 6.61. The zero-order valence-corrected chi connectivity index (χ0v) is 12.8. The Kier molecular flexibility index (Phi) is 5.59. The van der Waals surface area contributed by atoms with E-state index in [1.54, 1.807) is 0 Å². The molecule has 1 aromatic rings. The quantitative estimate of drug-likeness (QED) is 0.742. The number of carbonyl (C=O) groups excluding carboxylic acids is 1. The molecule has 1 fully saturated rings. The SMILES string of the molecule is CCN(CCO)c1ccc(NC(=O)C2CCNC2C)cc1. The predicted molar refractivity (Wildman–Crippen MR) is 85.6 cm³/mol. The number of aliphatic hydroxyl groups excluding tert-OH is 1. The third kappa shape index (κ3) is 3.95. The summed E-state index contributed by atoms with van der Waals surface area (Å²) in [6, 6.07) is 8.03. The number of rotatable bonds is 6. The van der Waals surface area contributed by atoms with E-state index in [2.05, 4.69) is 22.5 Å². The molecule has 21 heavy (non-hydrogen) atoms. The summed E-state index contributed by atoms with van der Waals surface area (Å²) in [5.41, 5.74) is 1.88. The first kappa shape index (κ1) is 15.8. The van der Waals surface area contributed by atoms with Gasteiger partial charge in [-0.05, 0) is 51.1 Å². The number of nitrogens with one attached hydrogen (secondary N) is 2. The van der Waals surface area contributed by atoms with E-state index in [-0.39, 0.29) is 24.5 Å². The summed E-state index contributed by atoms with van der Waals surface area (Å²) in [5.74, 6) is 0.133. The van der Waals surface area contributed by atoms with Crippen molar-refractivity contribution in [1.82, 2.24) is 5.32 Å². The highest BCUT2D eigenvalue weighted by atomic mass is 16.3. The predicted octanol–water partition coefficient (Wildman–Crippen LogP) is 1.44. The van der Waals surface area contributed by atoms with Crippen molar-refractivity contribution >= 4 is 17.3 Å². The molecule has 2 unspecified atom stereocenters. The van der Waals surface area contributed by atoms with Crippen LogP contribution in [-0.4, -0.2) is 43.3 Å². The first-order valence-corrected chi connectivity index (χ1v) is 7.65. The second-order valence-electron chi connectivity index (χ2n) is 5.48. The van der Waals surface area contributed by atoms with Gasteiger partial charge in [0, 0.05) is 30.5 Å². The fourth-order valence-electron chi connectivity index (χ4n) is 2.80. The van der Waals surface area contributed by atoms with Crippen molar-refractivity contribution in [2.45, 2.75) is 26.3 Å². The average Bonchev–Trinajstić information content (AvgIpc) is 2.92. The van der Waals surface area contributed by atoms with Crippen LogP contribution in [0.2, 0.25) is 0 Å². The molecule has 1 amide bonds. The molecule has 1 aromatic carbocycles. The summed E-state index contributed by atoms with van der Waals surface area (Å²) in [5, 5.41) is 15.3. The number of nitrogens with zero attached hydrogens (tertiary/aromatic N) is 1. The molecular weight excluding hydrogens is 266 g/mol. The second-order valence-corrected chi connectivity index (χ2v) is 5.48. The van der Waals surface area contributed by atoms with Gasteiger partial charge in [0.25, 0.3) is 0 Å². The molecule has 0 bridgehead atoms. The Morgan fingerprint density at radius 1 is 1.43 bits per heavy atom. The lowest BCUT2D eigenvalue weighted by Gasteiger charge is -2.22. The van der Waals surface area contributed by atoms with Crippen molar-refractivity contribution in [3.63, 3.8) is 0 Å². The fraction of sp³-hybridized carbons (Fsp3) is 0.562. The number of aliphatic hydroxyl groups is 1. The van der Waals surface area contributed by atoms with E-state index >= 15 is 0 Å². The monoisotopic (exact) mass is 291 g/mol. The van der Waals surface area contributed by atoms with Gasteiger partial charge in [-0.15, -0.1) is 0 Å². The number of benzene rings is 1. The lowest BCUT2D eigenvalue weighted by molar-refractivity contribution is -0.120. The lowest BCUT2D eigenvalue weighted by atomic mass is 10.0. The van der Waals surface area contributed by atoms with E-state index < -0.39 is 0 Å². The summed E-state index contributed by atoms with van der Waals surface area (Å²) in [6.07, 6.45) is 0.894. The van der Waals surface area contributed by atoms with E-state index in [0.29, 0.717) is 6.54 Å².